The Bertz CT molecular complexity index is 318. The minimum absolute atomic E-state index is 0.299. The van der Waals surface area contributed by atoms with Gasteiger partial charge in [0.2, 0.25) is 5.24 Å². The summed E-state index contributed by atoms with van der Waals surface area (Å²) in [6.45, 7) is 4.36. The molecule has 1 nitrogen and oxygen atoms in total. The maximum Gasteiger partial charge on any atom is 0.226 e. The minimum atomic E-state index is -0.299. The molecule has 0 atom stereocenters. The Morgan fingerprint density at radius 1 is 1.36 bits per heavy atom. The van der Waals surface area contributed by atoms with E-state index in [9.17, 15) is 4.79 Å². The Morgan fingerprint density at radius 3 is 2.57 bits per heavy atom. The first-order valence-corrected chi connectivity index (χ1v) is 5.22. The molecule has 1 rings (SSSR count). The summed E-state index contributed by atoms with van der Waals surface area (Å²) >= 11 is 5.33. The van der Waals surface area contributed by atoms with E-state index in [2.05, 4.69) is 26.0 Å². The molecule has 0 bridgehead atoms. The molecule has 0 saturated carbocycles. The Hall–Kier alpha value is -0.820. The average molecular weight is 211 g/mol. The first-order valence-electron chi connectivity index (χ1n) is 4.84. The fourth-order valence-corrected chi connectivity index (χ4v) is 1.65. The lowest BCUT2D eigenvalue weighted by molar-refractivity contribution is -0.111. The molecule has 1 aromatic carbocycles. The highest BCUT2D eigenvalue weighted by Gasteiger charge is 2.02. The molecule has 0 aromatic heterocycles. The van der Waals surface area contributed by atoms with Crippen LogP contribution in [0.5, 0.6) is 0 Å². The van der Waals surface area contributed by atoms with Gasteiger partial charge in [0.1, 0.15) is 0 Å². The molecule has 2 heteroatoms. The van der Waals surface area contributed by atoms with E-state index in [1.165, 1.54) is 5.56 Å². The molecule has 14 heavy (non-hydrogen) atoms. The van der Waals surface area contributed by atoms with Gasteiger partial charge in [-0.25, -0.2) is 0 Å². The first kappa shape index (κ1) is 11.3. The van der Waals surface area contributed by atoms with E-state index in [1.807, 2.05) is 12.1 Å². The van der Waals surface area contributed by atoms with E-state index in [0.29, 0.717) is 12.3 Å². The van der Waals surface area contributed by atoms with Crippen LogP contribution in [0.1, 0.15) is 25.0 Å². The predicted molar refractivity (Wildman–Crippen MR) is 59.5 cm³/mol. The van der Waals surface area contributed by atoms with Crippen molar-refractivity contribution in [3.63, 3.8) is 0 Å². The second kappa shape index (κ2) is 5.16. The molecule has 0 unspecified atom stereocenters. The zero-order chi connectivity index (χ0) is 10.6. The second-order valence-electron chi connectivity index (χ2n) is 3.95. The van der Waals surface area contributed by atoms with Crippen LogP contribution in [0, 0.1) is 5.92 Å². The quantitative estimate of drug-likeness (QED) is 0.698. The van der Waals surface area contributed by atoms with Crippen molar-refractivity contribution in [3.05, 3.63) is 35.4 Å². The summed E-state index contributed by atoms with van der Waals surface area (Å²) in [5.74, 6) is 0.636. The van der Waals surface area contributed by atoms with Crippen molar-refractivity contribution < 1.29 is 4.79 Å². The third-order valence-corrected chi connectivity index (χ3v) is 2.11. The van der Waals surface area contributed by atoms with Crippen LogP contribution in [0.15, 0.2) is 24.3 Å². The zero-order valence-electron chi connectivity index (χ0n) is 8.59. The Labute approximate surface area is 90.1 Å². The van der Waals surface area contributed by atoms with Crippen LogP contribution in [0.3, 0.4) is 0 Å². The van der Waals surface area contributed by atoms with Gasteiger partial charge >= 0.3 is 0 Å². The summed E-state index contributed by atoms with van der Waals surface area (Å²) in [6.07, 6.45) is 1.37. The Kier molecular flexibility index (Phi) is 4.15. The molecular formula is C12H15ClO. The lowest BCUT2D eigenvalue weighted by Gasteiger charge is -2.06. The van der Waals surface area contributed by atoms with Crippen molar-refractivity contribution in [1.82, 2.24) is 0 Å². The van der Waals surface area contributed by atoms with Gasteiger partial charge in [0.25, 0.3) is 0 Å². The maximum atomic E-state index is 10.7. The molecular weight excluding hydrogens is 196 g/mol. The van der Waals surface area contributed by atoms with Crippen molar-refractivity contribution in [2.75, 3.05) is 0 Å². The average Bonchev–Trinajstić information content (AvgIpc) is 2.01. The smallest absolute Gasteiger partial charge is 0.226 e. The van der Waals surface area contributed by atoms with Gasteiger partial charge in [-0.1, -0.05) is 38.1 Å². The van der Waals surface area contributed by atoms with Crippen LogP contribution < -0.4 is 0 Å². The van der Waals surface area contributed by atoms with Gasteiger partial charge in [-0.15, -0.1) is 0 Å². The number of halogens is 1. The molecule has 0 radical (unpaired) electrons. The number of hydrogen-bond donors (Lipinski definition) is 0. The predicted octanol–water partition coefficient (Wildman–Crippen LogP) is 3.19. The Balaban J connectivity index is 2.73. The van der Waals surface area contributed by atoms with E-state index in [0.717, 1.165) is 12.0 Å². The molecule has 1 aromatic rings. The number of rotatable bonds is 4. The number of carbonyl (C=O) groups is 1. The van der Waals surface area contributed by atoms with Crippen LogP contribution in [0.2, 0.25) is 0 Å². The molecule has 0 aliphatic carbocycles. The van der Waals surface area contributed by atoms with Gasteiger partial charge in [-0.05, 0) is 35.1 Å². The topological polar surface area (TPSA) is 17.1 Å². The van der Waals surface area contributed by atoms with Crippen molar-refractivity contribution in [3.8, 4) is 0 Å². The minimum Gasteiger partial charge on any atom is -0.281 e. The van der Waals surface area contributed by atoms with Gasteiger partial charge < -0.3 is 0 Å². The molecule has 76 valence electrons. The number of hydrogen-bond acceptors (Lipinski definition) is 1. The van der Waals surface area contributed by atoms with Crippen molar-refractivity contribution in [2.24, 2.45) is 5.92 Å². The molecule has 0 spiro atoms. The highest BCUT2D eigenvalue weighted by atomic mass is 35.5. The van der Waals surface area contributed by atoms with Gasteiger partial charge in [0.15, 0.2) is 0 Å². The summed E-state index contributed by atoms with van der Waals surface area (Å²) in [7, 11) is 0. The molecule has 0 fully saturated rings. The van der Waals surface area contributed by atoms with E-state index in [1.54, 1.807) is 0 Å². The van der Waals surface area contributed by atoms with Crippen LogP contribution in [-0.4, -0.2) is 5.24 Å². The summed E-state index contributed by atoms with van der Waals surface area (Å²) in [5.41, 5.74) is 2.28. The highest BCUT2D eigenvalue weighted by molar-refractivity contribution is 6.63. The monoisotopic (exact) mass is 210 g/mol. The summed E-state index contributed by atoms with van der Waals surface area (Å²) < 4.78 is 0. The molecule has 0 N–H and O–H groups in total. The normalized spacial score (nSPS) is 10.6. The molecule has 0 saturated heterocycles. The van der Waals surface area contributed by atoms with E-state index in [4.69, 9.17) is 11.6 Å². The van der Waals surface area contributed by atoms with E-state index in [-0.39, 0.29) is 5.24 Å². The first-order chi connectivity index (χ1) is 6.58. The van der Waals surface area contributed by atoms with Crippen LogP contribution in [-0.2, 0) is 17.6 Å². The zero-order valence-corrected chi connectivity index (χ0v) is 9.34. The standard InChI is InChI=1S/C12H15ClO/c1-9(2)6-10-4-3-5-11(7-10)8-12(13)14/h3-5,7,9H,6,8H2,1-2H3. The summed E-state index contributed by atoms with van der Waals surface area (Å²) in [4.78, 5) is 10.7. The van der Waals surface area contributed by atoms with Gasteiger partial charge in [0.05, 0.1) is 0 Å². The van der Waals surface area contributed by atoms with Gasteiger partial charge in [-0.3, -0.25) is 4.79 Å². The van der Waals surface area contributed by atoms with Crippen molar-refractivity contribution in [2.45, 2.75) is 26.7 Å². The molecule has 0 heterocycles. The van der Waals surface area contributed by atoms with Gasteiger partial charge in [0, 0.05) is 6.42 Å². The maximum absolute atomic E-state index is 10.7. The number of carbonyl (C=O) groups excluding carboxylic acids is 1. The molecule has 0 aliphatic rings. The van der Waals surface area contributed by atoms with Gasteiger partial charge in [-0.2, -0.15) is 0 Å². The lowest BCUT2D eigenvalue weighted by atomic mass is 10.0. The fraction of sp³-hybridized carbons (Fsp3) is 0.417. The molecule has 0 aliphatic heterocycles. The van der Waals surface area contributed by atoms with Crippen molar-refractivity contribution in [1.29, 1.82) is 0 Å². The molecule has 0 amide bonds. The van der Waals surface area contributed by atoms with E-state index < -0.39 is 0 Å². The van der Waals surface area contributed by atoms with Crippen LogP contribution in [0.25, 0.3) is 0 Å². The lowest BCUT2D eigenvalue weighted by Crippen LogP contribution is -1.97. The third kappa shape index (κ3) is 3.93. The Morgan fingerprint density at radius 2 is 2.00 bits per heavy atom. The second-order valence-corrected chi connectivity index (χ2v) is 4.37. The summed E-state index contributed by atoms with van der Waals surface area (Å²) in [6, 6.07) is 8.06. The van der Waals surface area contributed by atoms with Crippen LogP contribution >= 0.6 is 11.6 Å². The highest BCUT2D eigenvalue weighted by Crippen LogP contribution is 2.11. The fourth-order valence-electron chi connectivity index (χ4n) is 1.50. The largest absolute Gasteiger partial charge is 0.281 e. The third-order valence-electron chi connectivity index (χ3n) is 1.98. The number of benzene rings is 1. The summed E-state index contributed by atoms with van der Waals surface area (Å²) in [5, 5.41) is -0.299. The SMILES string of the molecule is CC(C)Cc1cccc(CC(=O)Cl)c1. The van der Waals surface area contributed by atoms with Crippen molar-refractivity contribution >= 4 is 16.8 Å². The van der Waals surface area contributed by atoms with E-state index >= 15 is 0 Å². The van der Waals surface area contributed by atoms with Crippen LogP contribution in [0.4, 0.5) is 0 Å².